The smallest absolute Gasteiger partial charge is 0.164 e. The lowest BCUT2D eigenvalue weighted by atomic mass is 9.99. The van der Waals surface area contributed by atoms with Gasteiger partial charge in [-0.2, -0.15) is 0 Å². The molecule has 2 fully saturated rings. The maximum atomic E-state index is 12.2. The molecule has 1 N–H and O–H groups in total. The van der Waals surface area contributed by atoms with Crippen LogP contribution in [0.25, 0.3) is 0 Å². The van der Waals surface area contributed by atoms with Gasteiger partial charge in [-0.15, -0.1) is 0 Å². The van der Waals surface area contributed by atoms with E-state index in [1.165, 1.54) is 12.8 Å². The Bertz CT molecular complexity index is 491. The van der Waals surface area contributed by atoms with Crippen molar-refractivity contribution in [1.29, 1.82) is 0 Å². The lowest BCUT2D eigenvalue weighted by molar-refractivity contribution is 0.0349. The van der Waals surface area contributed by atoms with Crippen molar-refractivity contribution in [2.45, 2.75) is 50.3 Å². The van der Waals surface area contributed by atoms with Gasteiger partial charge in [0.2, 0.25) is 0 Å². The highest BCUT2D eigenvalue weighted by atomic mass is 79.9. The summed E-state index contributed by atoms with van der Waals surface area (Å²) in [5.41, 5.74) is 0.781. The van der Waals surface area contributed by atoms with E-state index in [9.17, 15) is 9.90 Å². The number of hydrogen-bond acceptors (Lipinski definition) is 3. The molecule has 3 nitrogen and oxygen atoms in total. The molecule has 0 saturated carbocycles. The Morgan fingerprint density at radius 1 is 1.30 bits per heavy atom. The van der Waals surface area contributed by atoms with E-state index in [2.05, 4.69) is 20.8 Å². The van der Waals surface area contributed by atoms with Gasteiger partial charge in [-0.05, 0) is 37.8 Å². The monoisotopic (exact) mass is 337 g/mol. The molecule has 2 unspecified atom stereocenters. The van der Waals surface area contributed by atoms with Crippen molar-refractivity contribution < 1.29 is 9.90 Å². The summed E-state index contributed by atoms with van der Waals surface area (Å²) in [5, 5.41) is 9.79. The maximum absolute atomic E-state index is 12.2. The molecule has 0 spiro atoms. The molecule has 2 heterocycles. The number of aliphatic hydroxyl groups is 1. The second-order valence-corrected chi connectivity index (χ2v) is 6.85. The number of ketones is 1. The molecule has 3 rings (SSSR count). The second kappa shape index (κ2) is 5.96. The summed E-state index contributed by atoms with van der Waals surface area (Å²) in [4.78, 5) is 14.7. The Morgan fingerprint density at radius 2 is 2.00 bits per heavy atom. The van der Waals surface area contributed by atoms with Gasteiger partial charge < -0.3 is 5.11 Å². The van der Waals surface area contributed by atoms with Crippen LogP contribution < -0.4 is 0 Å². The number of piperidine rings is 1. The SMILES string of the molecule is O=C(CCN1C2CCC1CC(O)C2)c1cccc(Br)c1. The molecule has 0 radical (unpaired) electrons. The summed E-state index contributed by atoms with van der Waals surface area (Å²) in [5.74, 6) is 0.205. The Balaban J connectivity index is 1.59. The van der Waals surface area contributed by atoms with E-state index < -0.39 is 0 Å². The summed E-state index contributed by atoms with van der Waals surface area (Å²) in [6.45, 7) is 0.827. The molecule has 20 heavy (non-hydrogen) atoms. The molecular weight excluding hydrogens is 318 g/mol. The third kappa shape index (κ3) is 2.97. The molecule has 0 amide bonds. The number of nitrogens with zero attached hydrogens (tertiary/aromatic N) is 1. The highest BCUT2D eigenvalue weighted by Gasteiger charge is 2.39. The van der Waals surface area contributed by atoms with E-state index in [1.807, 2.05) is 24.3 Å². The molecule has 1 aromatic carbocycles. The standard InChI is InChI=1S/C16H20BrNO2/c17-12-3-1-2-11(8-12)16(20)6-7-18-13-4-5-14(18)10-15(19)9-13/h1-3,8,13-15,19H,4-7,9-10H2. The van der Waals surface area contributed by atoms with Gasteiger partial charge in [0.1, 0.15) is 0 Å². The molecule has 108 valence electrons. The van der Waals surface area contributed by atoms with Gasteiger partial charge in [-0.25, -0.2) is 0 Å². The summed E-state index contributed by atoms with van der Waals surface area (Å²) in [7, 11) is 0. The zero-order valence-corrected chi connectivity index (χ0v) is 13.1. The number of benzene rings is 1. The number of carbonyl (C=O) groups is 1. The van der Waals surface area contributed by atoms with Crippen molar-refractivity contribution in [3.05, 3.63) is 34.3 Å². The number of halogens is 1. The van der Waals surface area contributed by atoms with Crippen molar-refractivity contribution >= 4 is 21.7 Å². The van der Waals surface area contributed by atoms with Gasteiger partial charge in [-0.3, -0.25) is 9.69 Å². The first-order valence-corrected chi connectivity index (χ1v) is 8.15. The minimum Gasteiger partial charge on any atom is -0.393 e. The largest absolute Gasteiger partial charge is 0.393 e. The minimum absolute atomic E-state index is 0.135. The van der Waals surface area contributed by atoms with Crippen molar-refractivity contribution in [1.82, 2.24) is 4.90 Å². The lowest BCUT2D eigenvalue weighted by Gasteiger charge is -2.37. The Labute approximate surface area is 128 Å². The topological polar surface area (TPSA) is 40.5 Å². The van der Waals surface area contributed by atoms with Gasteiger partial charge in [-0.1, -0.05) is 28.1 Å². The normalized spacial score (nSPS) is 29.6. The quantitative estimate of drug-likeness (QED) is 0.858. The van der Waals surface area contributed by atoms with Crippen molar-refractivity contribution in [3.8, 4) is 0 Å². The zero-order chi connectivity index (χ0) is 14.1. The first-order valence-electron chi connectivity index (χ1n) is 7.36. The summed E-state index contributed by atoms with van der Waals surface area (Å²) in [6, 6.07) is 8.57. The van der Waals surface area contributed by atoms with Crippen molar-refractivity contribution in [2.24, 2.45) is 0 Å². The molecule has 1 aromatic rings. The predicted octanol–water partition coefficient (Wildman–Crippen LogP) is 3.01. The van der Waals surface area contributed by atoms with Gasteiger partial charge in [0.25, 0.3) is 0 Å². The van der Waals surface area contributed by atoms with Crippen LogP contribution in [0.1, 0.15) is 42.5 Å². The lowest BCUT2D eigenvalue weighted by Crippen LogP contribution is -2.45. The van der Waals surface area contributed by atoms with Gasteiger partial charge in [0, 0.05) is 35.1 Å². The van der Waals surface area contributed by atoms with E-state index in [-0.39, 0.29) is 11.9 Å². The molecule has 2 bridgehead atoms. The average molecular weight is 338 g/mol. The van der Waals surface area contributed by atoms with Crippen molar-refractivity contribution in [3.63, 3.8) is 0 Å². The van der Waals surface area contributed by atoms with E-state index in [0.29, 0.717) is 18.5 Å². The third-order valence-electron chi connectivity index (χ3n) is 4.60. The summed E-state index contributed by atoms with van der Waals surface area (Å²) in [6.07, 6.45) is 4.53. The third-order valence-corrected chi connectivity index (χ3v) is 5.10. The van der Waals surface area contributed by atoms with Crippen LogP contribution in [0.5, 0.6) is 0 Å². The number of carbonyl (C=O) groups excluding carboxylic acids is 1. The van der Waals surface area contributed by atoms with Crippen LogP contribution in [0.15, 0.2) is 28.7 Å². The molecule has 0 aromatic heterocycles. The summed E-state index contributed by atoms with van der Waals surface area (Å²) >= 11 is 3.40. The van der Waals surface area contributed by atoms with Gasteiger partial charge in [0.15, 0.2) is 5.78 Å². The van der Waals surface area contributed by atoms with Gasteiger partial charge in [0.05, 0.1) is 6.10 Å². The van der Waals surface area contributed by atoms with E-state index in [0.717, 1.165) is 29.4 Å². The van der Waals surface area contributed by atoms with Crippen LogP contribution in [-0.4, -0.2) is 40.5 Å². The first kappa shape index (κ1) is 14.2. The molecule has 0 aliphatic carbocycles. The minimum atomic E-state index is -0.135. The fourth-order valence-corrected chi connectivity index (χ4v) is 4.05. The zero-order valence-electron chi connectivity index (χ0n) is 11.5. The highest BCUT2D eigenvalue weighted by molar-refractivity contribution is 9.10. The highest BCUT2D eigenvalue weighted by Crippen LogP contribution is 2.35. The molecule has 4 heteroatoms. The second-order valence-electron chi connectivity index (χ2n) is 5.93. The number of Topliss-reactive ketones (excluding diaryl/α,β-unsaturated/α-hetero) is 1. The Kier molecular flexibility index (Phi) is 4.24. The predicted molar refractivity (Wildman–Crippen MR) is 81.8 cm³/mol. The summed E-state index contributed by atoms with van der Waals surface area (Å²) < 4.78 is 0.949. The average Bonchev–Trinajstić information content (AvgIpc) is 2.66. The molecule has 2 aliphatic rings. The van der Waals surface area contributed by atoms with Crippen molar-refractivity contribution in [2.75, 3.05) is 6.54 Å². The first-order chi connectivity index (χ1) is 9.63. The molecule has 2 aliphatic heterocycles. The fraction of sp³-hybridized carbons (Fsp3) is 0.562. The Hall–Kier alpha value is -0.710. The van der Waals surface area contributed by atoms with Crippen LogP contribution in [0.2, 0.25) is 0 Å². The fourth-order valence-electron chi connectivity index (χ4n) is 3.65. The number of rotatable bonds is 4. The number of hydrogen-bond donors (Lipinski definition) is 1. The number of aliphatic hydroxyl groups excluding tert-OH is 1. The van der Waals surface area contributed by atoms with Crippen LogP contribution in [-0.2, 0) is 0 Å². The molecular formula is C16H20BrNO2. The maximum Gasteiger partial charge on any atom is 0.164 e. The van der Waals surface area contributed by atoms with Gasteiger partial charge >= 0.3 is 0 Å². The van der Waals surface area contributed by atoms with E-state index in [4.69, 9.17) is 0 Å². The van der Waals surface area contributed by atoms with Crippen LogP contribution in [0.3, 0.4) is 0 Å². The number of fused-ring (bicyclic) bond motifs is 2. The van der Waals surface area contributed by atoms with Crippen LogP contribution in [0.4, 0.5) is 0 Å². The molecule has 2 atom stereocenters. The Morgan fingerprint density at radius 3 is 2.65 bits per heavy atom. The van der Waals surface area contributed by atoms with E-state index >= 15 is 0 Å². The van der Waals surface area contributed by atoms with E-state index in [1.54, 1.807) is 0 Å². The van der Waals surface area contributed by atoms with Crippen LogP contribution >= 0.6 is 15.9 Å². The molecule has 2 saturated heterocycles. The van der Waals surface area contributed by atoms with Crippen LogP contribution in [0, 0.1) is 0 Å².